The molecule has 0 unspecified atom stereocenters. The second kappa shape index (κ2) is 48.1. The first-order valence-corrected chi connectivity index (χ1v) is 42.4. The van der Waals surface area contributed by atoms with Crippen molar-refractivity contribution in [2.75, 3.05) is 0 Å². The third-order valence-corrected chi connectivity index (χ3v) is 20.6. The van der Waals surface area contributed by atoms with Crippen LogP contribution >= 0.6 is 0 Å². The zero-order valence-corrected chi connectivity index (χ0v) is 74.7. The summed E-state index contributed by atoms with van der Waals surface area (Å²) >= 11 is 0. The molecule has 135 heavy (non-hydrogen) atoms. The van der Waals surface area contributed by atoms with Gasteiger partial charge in [0.05, 0.1) is 33.4 Å². The first-order valence-electron chi connectivity index (χ1n) is 42.4. The topological polar surface area (TPSA) is 55.4 Å². The van der Waals surface area contributed by atoms with Crippen LogP contribution in [0.1, 0.15) is 183 Å². The summed E-state index contributed by atoms with van der Waals surface area (Å²) in [6, 6.07) is 35.6. The highest BCUT2D eigenvalue weighted by atomic mass is 19.3. The summed E-state index contributed by atoms with van der Waals surface area (Å²) < 4.78 is 401. The molecule has 0 N–H and O–H groups in total. The van der Waals surface area contributed by atoms with Crippen LogP contribution in [-0.4, -0.2) is 0 Å². The maximum Gasteiger partial charge on any atom is 0.429 e. The van der Waals surface area contributed by atoms with E-state index in [1.54, 1.807) is 59.7 Å². The minimum atomic E-state index is -4.32. The summed E-state index contributed by atoms with van der Waals surface area (Å²) in [4.78, 5) is 0. The van der Waals surface area contributed by atoms with Gasteiger partial charge in [0.25, 0.3) is 0 Å². The highest BCUT2D eigenvalue weighted by molar-refractivity contribution is 5.41. The quantitative estimate of drug-likeness (QED) is 0.0418. The van der Waals surface area contributed by atoms with Crippen molar-refractivity contribution in [1.82, 2.24) is 0 Å². The van der Waals surface area contributed by atoms with E-state index in [2.05, 4.69) is 28.4 Å². The van der Waals surface area contributed by atoms with E-state index in [9.17, 15) is 119 Å². The summed E-state index contributed by atoms with van der Waals surface area (Å²) in [6.45, 7) is 20.6. The number of rotatable bonds is 30. The fraction of sp³-hybridized carbons (Fsp3) is 0.294. The van der Waals surface area contributed by atoms with Gasteiger partial charge in [0.2, 0.25) is 0 Å². The van der Waals surface area contributed by atoms with Gasteiger partial charge in [0.15, 0.2) is 81.0 Å². The van der Waals surface area contributed by atoms with Crippen LogP contribution in [0.15, 0.2) is 200 Å². The summed E-state index contributed by atoms with van der Waals surface area (Å²) in [5.41, 5.74) is -0.126. The van der Waals surface area contributed by atoms with E-state index in [1.807, 2.05) is 27.7 Å². The lowest BCUT2D eigenvalue weighted by Crippen LogP contribution is -2.24. The Labute approximate surface area is 762 Å². The fourth-order valence-corrected chi connectivity index (χ4v) is 12.6. The van der Waals surface area contributed by atoms with Crippen molar-refractivity contribution >= 4 is 0 Å². The molecule has 0 bridgehead atoms. The average Bonchev–Trinajstić information content (AvgIpc) is 0.803. The summed E-state index contributed by atoms with van der Waals surface area (Å²) in [5, 5.41) is 0. The maximum absolute atomic E-state index is 14.1. The maximum atomic E-state index is 14.1. The van der Waals surface area contributed by atoms with E-state index >= 15 is 0 Å². The second-order valence-corrected chi connectivity index (χ2v) is 29.8. The van der Waals surface area contributed by atoms with E-state index in [-0.39, 0.29) is 40.7 Å². The van der Waals surface area contributed by atoms with E-state index < -0.39 is 186 Å². The molecule has 0 spiro atoms. The molecule has 12 aromatic carbocycles. The summed E-state index contributed by atoms with van der Waals surface area (Å²) in [5.74, 6) is -20.6. The molecule has 0 atom stereocenters. The molecule has 0 fully saturated rings. The Hall–Kier alpha value is -12.5. The van der Waals surface area contributed by atoms with Gasteiger partial charge in [-0.1, -0.05) is 138 Å². The van der Waals surface area contributed by atoms with Crippen molar-refractivity contribution in [3.63, 3.8) is 0 Å². The van der Waals surface area contributed by atoms with E-state index in [4.69, 9.17) is 0 Å². The van der Waals surface area contributed by atoms with Gasteiger partial charge in [0, 0.05) is 11.1 Å². The molecule has 6 nitrogen and oxygen atoms in total. The van der Waals surface area contributed by atoms with Crippen molar-refractivity contribution in [3.8, 4) is 34.5 Å². The molecule has 0 aliphatic carbocycles. The number of hydrogen-bond donors (Lipinski definition) is 0. The van der Waals surface area contributed by atoms with Crippen LogP contribution in [0.5, 0.6) is 34.5 Å². The van der Waals surface area contributed by atoms with Crippen LogP contribution < -0.4 is 28.4 Å². The predicted octanol–water partition coefficient (Wildman–Crippen LogP) is 31.7. The standard InChI is InChI=1S/C17H14F6O.2C17H15F5O.2C17H16F4O.C17H17F3O/c1-3-9-5-14(20)16(15(21)6-9)24-17(22,23)10-7-12(18)11(4-2)13(19)8-10;1-3-10-7-14(19)16(15(20)8-10)23-17(21,22)12-6-5-11(4-2)13(18)9-12;1-3-10-5-6-16(15(20)7-10)23-17(21,22)11-8-13(18)12(4-2)14(19)9-11;1-3-11-5-8-16(15(19)9-11)22-17(20,21)13-7-6-12(4-2)14(18)10-13;1-3-11-5-7-13(14(18)9-11)17(20,21)22-16-8-6-12(4-2)10-15(16)19;1-3-12-5-8-14(9-6-12)17(19,20)21-16-10-7-13(4-2)11-15(16)18/h5-8H,3-4H2,1-2H3;2*5-9H,3-4H2,1-2H3;2*5-10H,3-4H2,1-2H3;5-11H,3-4H2,1-2H3. The first kappa shape index (κ1) is 110. The number of halogens is 27. The Bertz CT molecular complexity index is 5890. The van der Waals surface area contributed by atoms with Gasteiger partial charge in [0.1, 0.15) is 40.7 Å². The van der Waals surface area contributed by atoms with Gasteiger partial charge in [-0.15, -0.1) is 0 Å². The lowest BCUT2D eigenvalue weighted by molar-refractivity contribution is -0.189. The normalized spacial score (nSPS) is 11.6. The Morgan fingerprint density at radius 1 is 0.170 bits per heavy atom. The number of ether oxygens (including phenoxy) is 6. The van der Waals surface area contributed by atoms with Crippen LogP contribution in [0.4, 0.5) is 119 Å². The van der Waals surface area contributed by atoms with Crippen LogP contribution in [0.25, 0.3) is 0 Å². The molecule has 33 heteroatoms. The molecule has 0 aliphatic heterocycles. The largest absolute Gasteiger partial charge is 0.429 e. The van der Waals surface area contributed by atoms with Gasteiger partial charge in [-0.2, -0.15) is 52.7 Å². The molecule has 0 saturated carbocycles. The molecule has 726 valence electrons. The van der Waals surface area contributed by atoms with Crippen molar-refractivity contribution in [3.05, 3.63) is 388 Å². The molecule has 0 aromatic heterocycles. The van der Waals surface area contributed by atoms with Crippen LogP contribution in [0.3, 0.4) is 0 Å². The Kier molecular flexibility index (Phi) is 39.1. The predicted molar refractivity (Wildman–Crippen MR) is 456 cm³/mol. The van der Waals surface area contributed by atoms with Gasteiger partial charge >= 0.3 is 36.7 Å². The minimum Gasteiger partial charge on any atom is -0.426 e. The van der Waals surface area contributed by atoms with E-state index in [1.165, 1.54) is 74.5 Å². The monoisotopic (exact) mass is 1930 g/mol. The van der Waals surface area contributed by atoms with Gasteiger partial charge < -0.3 is 28.4 Å². The van der Waals surface area contributed by atoms with E-state index in [0.717, 1.165) is 109 Å². The van der Waals surface area contributed by atoms with Gasteiger partial charge in [-0.3, -0.25) is 0 Å². The Morgan fingerprint density at radius 2 is 0.393 bits per heavy atom. The Morgan fingerprint density at radius 3 is 0.652 bits per heavy atom. The smallest absolute Gasteiger partial charge is 0.426 e. The van der Waals surface area contributed by atoms with Crippen molar-refractivity contribution in [2.24, 2.45) is 0 Å². The minimum absolute atomic E-state index is 0.0253. The third-order valence-electron chi connectivity index (χ3n) is 20.6. The highest BCUT2D eigenvalue weighted by Crippen LogP contribution is 2.43. The van der Waals surface area contributed by atoms with Crippen molar-refractivity contribution in [1.29, 1.82) is 0 Å². The number of alkyl halides is 12. The number of aryl methyl sites for hydroxylation is 10. The van der Waals surface area contributed by atoms with Crippen LogP contribution in [0.2, 0.25) is 0 Å². The SMILES string of the molecule is CCc1cc(F)c(OC(F)(F)c2cc(F)c(CC)c(F)c2)c(F)c1.CCc1cc(F)c(OC(F)(F)c2ccc(CC)c(F)c2)c(F)c1.CCc1ccc(C(F)(F)Oc2ccc(CC)cc2F)cc1.CCc1ccc(OC(F)(F)c2cc(F)c(CC)c(F)c2)c(F)c1.CCc1ccc(OC(F)(F)c2ccc(CC)c(F)c2)c(F)c1.CCc1ccc(OC(F)(F)c2ccc(CC)cc2F)c(F)c1. The molecule has 0 radical (unpaired) electrons. The zero-order chi connectivity index (χ0) is 101. The lowest BCUT2D eigenvalue weighted by Gasteiger charge is -2.20. The van der Waals surface area contributed by atoms with Gasteiger partial charge in [-0.25, -0.2) is 65.9 Å². The molecule has 0 amide bonds. The van der Waals surface area contributed by atoms with Crippen molar-refractivity contribution in [2.45, 2.75) is 197 Å². The molecule has 0 heterocycles. The molecular formula is C102H93F27O6. The molecule has 0 aliphatic rings. The fourth-order valence-electron chi connectivity index (χ4n) is 12.6. The lowest BCUT2D eigenvalue weighted by atomic mass is 10.1. The summed E-state index contributed by atoms with van der Waals surface area (Å²) in [6.07, 6.45) is -18.8. The summed E-state index contributed by atoms with van der Waals surface area (Å²) in [7, 11) is 0. The van der Waals surface area contributed by atoms with Gasteiger partial charge in [-0.05, 0) is 278 Å². The molecule has 12 aromatic rings. The Balaban J connectivity index is 0.000000221. The molecule has 12 rings (SSSR count). The van der Waals surface area contributed by atoms with E-state index in [0.29, 0.717) is 121 Å². The van der Waals surface area contributed by atoms with Crippen molar-refractivity contribution < 1.29 is 147 Å². The first-order chi connectivity index (χ1) is 63.4. The highest BCUT2D eigenvalue weighted by Gasteiger charge is 2.43. The zero-order valence-electron chi connectivity index (χ0n) is 74.7. The number of benzene rings is 12. The third kappa shape index (κ3) is 29.5. The average molecular weight is 1930 g/mol. The van der Waals surface area contributed by atoms with Crippen LogP contribution in [0, 0.1) is 87.3 Å². The second-order valence-electron chi connectivity index (χ2n) is 29.8. The number of hydrogen-bond acceptors (Lipinski definition) is 6. The van der Waals surface area contributed by atoms with Crippen LogP contribution in [-0.2, 0) is 114 Å². The molecular weight excluding hydrogens is 1830 g/mol. The molecule has 0 saturated heterocycles.